The van der Waals surface area contributed by atoms with Crippen molar-refractivity contribution in [3.63, 3.8) is 0 Å². The second-order valence-corrected chi connectivity index (χ2v) is 6.58. The van der Waals surface area contributed by atoms with Gasteiger partial charge < -0.3 is 4.74 Å². The summed E-state index contributed by atoms with van der Waals surface area (Å²) in [4.78, 5) is 16.4. The third kappa shape index (κ3) is 3.09. The van der Waals surface area contributed by atoms with Gasteiger partial charge in [0, 0.05) is 16.8 Å². The number of esters is 1. The minimum atomic E-state index is -0.421. The van der Waals surface area contributed by atoms with Crippen LogP contribution in [0.25, 0.3) is 0 Å². The van der Waals surface area contributed by atoms with Gasteiger partial charge in [0.15, 0.2) is 0 Å². The average Bonchev–Trinajstić information content (AvgIpc) is 2.97. The summed E-state index contributed by atoms with van der Waals surface area (Å²) in [6.45, 7) is 6.37. The quantitative estimate of drug-likeness (QED) is 0.852. The van der Waals surface area contributed by atoms with E-state index in [9.17, 15) is 4.79 Å². The van der Waals surface area contributed by atoms with Crippen molar-refractivity contribution in [3.8, 4) is 0 Å². The third-order valence-corrected chi connectivity index (χ3v) is 4.16. The van der Waals surface area contributed by atoms with E-state index in [1.807, 2.05) is 5.38 Å². The van der Waals surface area contributed by atoms with Gasteiger partial charge in [-0.1, -0.05) is 20.8 Å². The molecule has 1 aliphatic rings. The Hall–Kier alpha value is -0.940. The SMILES string of the molecule is COC(=O)C(NC1CC1)c1csc(C(C)(C)C)n1. The van der Waals surface area contributed by atoms with Crippen molar-refractivity contribution < 1.29 is 9.53 Å². The summed E-state index contributed by atoms with van der Waals surface area (Å²) in [7, 11) is 1.42. The van der Waals surface area contributed by atoms with E-state index < -0.39 is 6.04 Å². The number of methoxy groups -OCH3 is 1. The Bertz CT molecular complexity index is 432. The van der Waals surface area contributed by atoms with Crippen molar-refractivity contribution in [1.82, 2.24) is 10.3 Å². The zero-order chi connectivity index (χ0) is 13.3. The first-order chi connectivity index (χ1) is 8.41. The van der Waals surface area contributed by atoms with E-state index in [-0.39, 0.29) is 11.4 Å². The zero-order valence-electron chi connectivity index (χ0n) is 11.3. The molecule has 1 unspecified atom stereocenters. The van der Waals surface area contributed by atoms with Crippen molar-refractivity contribution in [1.29, 1.82) is 0 Å². The largest absolute Gasteiger partial charge is 0.468 e. The van der Waals surface area contributed by atoms with Crippen LogP contribution in [0.5, 0.6) is 0 Å². The van der Waals surface area contributed by atoms with Gasteiger partial charge in [-0.15, -0.1) is 11.3 Å². The van der Waals surface area contributed by atoms with Crippen LogP contribution in [0.15, 0.2) is 5.38 Å². The third-order valence-electron chi connectivity index (χ3n) is 2.88. The summed E-state index contributed by atoms with van der Waals surface area (Å²) in [5.74, 6) is -0.257. The predicted molar refractivity (Wildman–Crippen MR) is 71.7 cm³/mol. The molecular weight excluding hydrogens is 248 g/mol. The second-order valence-electron chi connectivity index (χ2n) is 5.72. The van der Waals surface area contributed by atoms with Gasteiger partial charge in [-0.25, -0.2) is 9.78 Å². The molecule has 1 heterocycles. The van der Waals surface area contributed by atoms with Gasteiger partial charge in [0.05, 0.1) is 17.8 Å². The highest BCUT2D eigenvalue weighted by Crippen LogP contribution is 2.30. The van der Waals surface area contributed by atoms with Crippen LogP contribution < -0.4 is 5.32 Å². The first-order valence-electron chi connectivity index (χ1n) is 6.21. The van der Waals surface area contributed by atoms with Gasteiger partial charge in [0.25, 0.3) is 0 Å². The number of ether oxygens (including phenoxy) is 1. The molecule has 18 heavy (non-hydrogen) atoms. The van der Waals surface area contributed by atoms with Gasteiger partial charge in [-0.05, 0) is 12.8 Å². The molecule has 1 aromatic heterocycles. The van der Waals surface area contributed by atoms with E-state index >= 15 is 0 Å². The monoisotopic (exact) mass is 268 g/mol. The highest BCUT2D eigenvalue weighted by molar-refractivity contribution is 7.09. The summed E-state index contributed by atoms with van der Waals surface area (Å²) in [5, 5.41) is 6.29. The molecule has 0 aliphatic heterocycles. The molecule has 1 aromatic rings. The fourth-order valence-corrected chi connectivity index (χ4v) is 2.57. The maximum atomic E-state index is 11.8. The Kier molecular flexibility index (Phi) is 3.73. The number of thiazole rings is 1. The number of carbonyl (C=O) groups is 1. The van der Waals surface area contributed by atoms with Crippen LogP contribution in [0.4, 0.5) is 0 Å². The molecule has 1 saturated carbocycles. The summed E-state index contributed by atoms with van der Waals surface area (Å²) >= 11 is 1.60. The minimum Gasteiger partial charge on any atom is -0.468 e. The smallest absolute Gasteiger partial charge is 0.329 e. The standard InChI is InChI=1S/C13H20N2O2S/c1-13(2,3)12-15-9(7-18-12)10(11(16)17-4)14-8-5-6-8/h7-8,10,14H,5-6H2,1-4H3. The number of rotatable bonds is 4. The summed E-state index contributed by atoms with van der Waals surface area (Å²) in [6, 6.07) is 0.0173. The Labute approximate surface area is 112 Å². The summed E-state index contributed by atoms with van der Waals surface area (Å²) < 4.78 is 4.85. The second kappa shape index (κ2) is 4.97. The van der Waals surface area contributed by atoms with Crippen LogP contribution in [0.2, 0.25) is 0 Å². The van der Waals surface area contributed by atoms with Crippen LogP contribution >= 0.6 is 11.3 Å². The molecule has 1 aliphatic carbocycles. The van der Waals surface area contributed by atoms with Crippen LogP contribution in [-0.2, 0) is 14.9 Å². The van der Waals surface area contributed by atoms with E-state index in [1.54, 1.807) is 11.3 Å². The molecule has 1 atom stereocenters. The van der Waals surface area contributed by atoms with Gasteiger partial charge in [-0.2, -0.15) is 0 Å². The van der Waals surface area contributed by atoms with Crippen molar-refractivity contribution >= 4 is 17.3 Å². The zero-order valence-corrected chi connectivity index (χ0v) is 12.1. The number of hydrogen-bond acceptors (Lipinski definition) is 5. The summed E-state index contributed by atoms with van der Waals surface area (Å²) in [5.41, 5.74) is 0.798. The molecule has 1 N–H and O–H groups in total. The molecule has 5 heteroatoms. The molecule has 0 aromatic carbocycles. The summed E-state index contributed by atoms with van der Waals surface area (Å²) in [6.07, 6.45) is 2.26. The van der Waals surface area contributed by atoms with Gasteiger partial charge in [-0.3, -0.25) is 5.32 Å². The topological polar surface area (TPSA) is 51.2 Å². The van der Waals surface area contributed by atoms with Crippen LogP contribution in [-0.4, -0.2) is 24.1 Å². The number of hydrogen-bond donors (Lipinski definition) is 1. The van der Waals surface area contributed by atoms with Crippen LogP contribution in [0.1, 0.15) is 50.4 Å². The molecule has 0 amide bonds. The number of nitrogens with one attached hydrogen (secondary N) is 1. The van der Waals surface area contributed by atoms with Gasteiger partial charge >= 0.3 is 5.97 Å². The number of nitrogens with zero attached hydrogens (tertiary/aromatic N) is 1. The van der Waals surface area contributed by atoms with Crippen molar-refractivity contribution in [2.24, 2.45) is 0 Å². The number of carbonyl (C=O) groups excluding carboxylic acids is 1. The van der Waals surface area contributed by atoms with Gasteiger partial charge in [0.1, 0.15) is 6.04 Å². The van der Waals surface area contributed by atoms with Crippen molar-refractivity contribution in [3.05, 3.63) is 16.1 Å². The molecule has 2 rings (SSSR count). The van der Waals surface area contributed by atoms with E-state index in [1.165, 1.54) is 7.11 Å². The first kappa shape index (κ1) is 13.5. The molecule has 1 fully saturated rings. The Morgan fingerprint density at radius 3 is 2.67 bits per heavy atom. The molecule has 0 radical (unpaired) electrons. The fraction of sp³-hybridized carbons (Fsp3) is 0.692. The van der Waals surface area contributed by atoms with Gasteiger partial charge in [0.2, 0.25) is 0 Å². The maximum Gasteiger partial charge on any atom is 0.329 e. The van der Waals surface area contributed by atoms with E-state index in [0.29, 0.717) is 6.04 Å². The molecule has 0 bridgehead atoms. The normalized spacial score (nSPS) is 17.6. The Balaban J connectivity index is 2.19. The van der Waals surface area contributed by atoms with Crippen molar-refractivity contribution in [2.75, 3.05) is 7.11 Å². The maximum absolute atomic E-state index is 11.8. The fourth-order valence-electron chi connectivity index (χ4n) is 1.64. The van der Waals surface area contributed by atoms with E-state index in [4.69, 9.17) is 4.74 Å². The molecular formula is C13H20N2O2S. The highest BCUT2D eigenvalue weighted by atomic mass is 32.1. The Morgan fingerprint density at radius 1 is 1.56 bits per heavy atom. The molecule has 4 nitrogen and oxygen atoms in total. The predicted octanol–water partition coefficient (Wildman–Crippen LogP) is 2.41. The molecule has 0 spiro atoms. The average molecular weight is 268 g/mol. The van der Waals surface area contributed by atoms with E-state index in [0.717, 1.165) is 23.5 Å². The lowest BCUT2D eigenvalue weighted by Crippen LogP contribution is -2.31. The minimum absolute atomic E-state index is 0.0170. The van der Waals surface area contributed by atoms with Crippen molar-refractivity contribution in [2.45, 2.75) is 51.1 Å². The van der Waals surface area contributed by atoms with E-state index in [2.05, 4.69) is 31.1 Å². The lowest BCUT2D eigenvalue weighted by atomic mass is 9.98. The lowest BCUT2D eigenvalue weighted by Gasteiger charge is -2.16. The van der Waals surface area contributed by atoms with Crippen LogP contribution in [0.3, 0.4) is 0 Å². The lowest BCUT2D eigenvalue weighted by molar-refractivity contribution is -0.143. The number of aromatic nitrogens is 1. The molecule has 0 saturated heterocycles. The first-order valence-corrected chi connectivity index (χ1v) is 7.09. The molecule has 100 valence electrons. The van der Waals surface area contributed by atoms with Crippen LogP contribution in [0, 0.1) is 0 Å². The Morgan fingerprint density at radius 2 is 2.22 bits per heavy atom. The highest BCUT2D eigenvalue weighted by Gasteiger charge is 2.32.